The Balaban J connectivity index is 1.21. The second-order valence-electron chi connectivity index (χ2n) is 14.5. The maximum Gasteiger partial charge on any atom is 0.182 e. The van der Waals surface area contributed by atoms with Gasteiger partial charge in [0, 0.05) is 18.0 Å². The average Bonchev–Trinajstić information content (AvgIpc) is 3.35. The lowest BCUT2D eigenvalue weighted by Crippen LogP contribution is -2.02. The Hall–Kier alpha value is -8.15. The van der Waals surface area contributed by atoms with E-state index in [1.54, 1.807) is 12.4 Å². The third-order valence-corrected chi connectivity index (χ3v) is 10.7. The topological polar surface area (TPSA) is 64.5 Å². The Morgan fingerprint density at radius 2 is 0.567 bits per heavy atom. The van der Waals surface area contributed by atoms with E-state index >= 15 is 0 Å². The van der Waals surface area contributed by atoms with Crippen molar-refractivity contribution in [1.82, 2.24) is 24.9 Å². The number of hydrogen-bond donors (Lipinski definition) is 0. The summed E-state index contributed by atoms with van der Waals surface area (Å²) in [6.45, 7) is 0. The van der Waals surface area contributed by atoms with Crippen molar-refractivity contribution >= 4 is 0 Å². The van der Waals surface area contributed by atoms with Crippen LogP contribution in [0, 0.1) is 0 Å². The number of aromatic nitrogens is 5. The molecule has 0 atom stereocenters. The van der Waals surface area contributed by atoms with Gasteiger partial charge in [0.15, 0.2) is 17.5 Å². The summed E-state index contributed by atoms with van der Waals surface area (Å²) in [5.74, 6) is 1.48. The summed E-state index contributed by atoms with van der Waals surface area (Å²) in [4.78, 5) is 24.3. The smallest absolute Gasteiger partial charge is 0.182 e. The maximum absolute atomic E-state index is 5.09. The van der Waals surface area contributed by atoms with E-state index in [1.807, 2.05) is 36.4 Å². The zero-order valence-corrected chi connectivity index (χ0v) is 32.6. The first kappa shape index (κ1) is 36.2. The highest BCUT2D eigenvalue weighted by Crippen LogP contribution is 2.41. The van der Waals surface area contributed by atoms with Gasteiger partial charge in [-0.1, -0.05) is 158 Å². The minimum atomic E-state index is 0.477. The van der Waals surface area contributed by atoms with Gasteiger partial charge in [0.05, 0.1) is 0 Å². The minimum absolute atomic E-state index is 0.477. The highest BCUT2D eigenvalue weighted by Gasteiger charge is 2.18. The van der Waals surface area contributed by atoms with E-state index in [4.69, 9.17) is 15.0 Å². The molecule has 0 amide bonds. The molecule has 0 aliphatic carbocycles. The summed E-state index contributed by atoms with van der Waals surface area (Å²) in [5.41, 5.74) is 15.6. The van der Waals surface area contributed by atoms with E-state index in [0.717, 1.165) is 50.1 Å². The van der Waals surface area contributed by atoms with Crippen molar-refractivity contribution in [2.75, 3.05) is 0 Å². The predicted molar refractivity (Wildman–Crippen MR) is 244 cm³/mol. The van der Waals surface area contributed by atoms with E-state index < -0.39 is 0 Å². The summed E-state index contributed by atoms with van der Waals surface area (Å²) in [7, 11) is 0. The van der Waals surface area contributed by atoms with Crippen LogP contribution in [0.25, 0.3) is 101 Å². The molecule has 0 spiro atoms. The zero-order chi connectivity index (χ0) is 40.1. The van der Waals surface area contributed by atoms with Crippen molar-refractivity contribution in [1.29, 1.82) is 0 Å². The number of pyridine rings is 2. The van der Waals surface area contributed by atoms with Crippen molar-refractivity contribution < 1.29 is 0 Å². The third-order valence-electron chi connectivity index (χ3n) is 10.7. The van der Waals surface area contributed by atoms with Crippen LogP contribution in [0.5, 0.6) is 0 Å². The summed E-state index contributed by atoms with van der Waals surface area (Å²) in [6.07, 6.45) is 3.51. The molecule has 0 saturated carbocycles. The van der Waals surface area contributed by atoms with E-state index in [1.165, 1.54) is 22.3 Å². The Kier molecular flexibility index (Phi) is 9.88. The fourth-order valence-corrected chi connectivity index (χ4v) is 7.71. The summed E-state index contributed by atoms with van der Waals surface area (Å²) >= 11 is 0. The van der Waals surface area contributed by atoms with Crippen LogP contribution in [0.3, 0.4) is 0 Å². The molecule has 0 unspecified atom stereocenters. The molecule has 0 fully saturated rings. The lowest BCUT2D eigenvalue weighted by Gasteiger charge is -2.17. The lowest BCUT2D eigenvalue weighted by atomic mass is 9.88. The molecule has 0 N–H and O–H groups in total. The molecule has 0 bridgehead atoms. The molecular formula is C55H37N5. The van der Waals surface area contributed by atoms with E-state index in [0.29, 0.717) is 28.9 Å². The molecule has 3 aromatic heterocycles. The Labute approximate surface area is 349 Å². The van der Waals surface area contributed by atoms with Crippen molar-refractivity contribution in [3.05, 3.63) is 225 Å². The normalized spacial score (nSPS) is 11.0. The molecule has 0 saturated heterocycles. The molecule has 3 heterocycles. The Morgan fingerprint density at radius 1 is 0.217 bits per heavy atom. The number of nitrogens with zero attached hydrogens (tertiary/aromatic N) is 5. The van der Waals surface area contributed by atoms with Gasteiger partial charge < -0.3 is 0 Å². The van der Waals surface area contributed by atoms with Gasteiger partial charge in [-0.3, -0.25) is 9.97 Å². The first-order chi connectivity index (χ1) is 29.7. The first-order valence-corrected chi connectivity index (χ1v) is 20.0. The van der Waals surface area contributed by atoms with Crippen molar-refractivity contribution in [2.24, 2.45) is 0 Å². The molecule has 7 aromatic carbocycles. The first-order valence-electron chi connectivity index (χ1n) is 20.0. The second-order valence-corrected chi connectivity index (χ2v) is 14.5. The van der Waals surface area contributed by atoms with Crippen LogP contribution in [0.4, 0.5) is 0 Å². The fourth-order valence-electron chi connectivity index (χ4n) is 7.71. The fraction of sp³-hybridized carbons (Fsp3) is 0. The van der Waals surface area contributed by atoms with Crippen LogP contribution in [0.2, 0.25) is 0 Å². The van der Waals surface area contributed by atoms with Gasteiger partial charge in [0.2, 0.25) is 0 Å². The van der Waals surface area contributed by atoms with Crippen molar-refractivity contribution in [2.45, 2.75) is 0 Å². The van der Waals surface area contributed by atoms with Crippen LogP contribution in [-0.4, -0.2) is 24.9 Å². The Bertz CT molecular complexity index is 2850. The average molecular weight is 768 g/mol. The summed E-state index contributed by atoms with van der Waals surface area (Å²) in [6, 6.07) is 74.0. The van der Waals surface area contributed by atoms with Crippen LogP contribution in [0.1, 0.15) is 0 Å². The van der Waals surface area contributed by atoms with Crippen LogP contribution < -0.4 is 0 Å². The molecule has 5 nitrogen and oxygen atoms in total. The zero-order valence-electron chi connectivity index (χ0n) is 32.6. The highest BCUT2D eigenvalue weighted by atomic mass is 15.1. The quantitative estimate of drug-likeness (QED) is 0.146. The summed E-state index contributed by atoms with van der Waals surface area (Å²) in [5, 5.41) is 0. The van der Waals surface area contributed by atoms with Gasteiger partial charge in [0.1, 0.15) is 11.4 Å². The van der Waals surface area contributed by atoms with Gasteiger partial charge in [-0.2, -0.15) is 0 Å². The molecule has 0 aliphatic heterocycles. The van der Waals surface area contributed by atoms with Gasteiger partial charge in [0.25, 0.3) is 0 Å². The monoisotopic (exact) mass is 767 g/mol. The van der Waals surface area contributed by atoms with E-state index in [2.05, 4.69) is 186 Å². The van der Waals surface area contributed by atoms with Gasteiger partial charge in [-0.05, 0) is 121 Å². The van der Waals surface area contributed by atoms with Crippen LogP contribution in [-0.2, 0) is 0 Å². The number of benzene rings is 7. The molecule has 282 valence electrons. The standard InChI is InChI=1S/C55H37N5/c1-5-17-38(18-6-1)47-29-27-42(36-49(47)40-21-9-3-10-22-40)44-33-45(43-28-30-48(39-19-7-2-8-20-39)50(37-43)41-23-11-4-12-24-41)35-46(34-44)53-58-54(51-25-13-15-31-56-51)60-55(59-53)52-26-14-16-32-57-52/h1-37H. The third kappa shape index (κ3) is 7.51. The highest BCUT2D eigenvalue weighted by molar-refractivity contribution is 5.91. The molecule has 0 radical (unpaired) electrons. The predicted octanol–water partition coefficient (Wildman–Crippen LogP) is 13.7. The molecular weight excluding hydrogens is 731 g/mol. The minimum Gasteiger partial charge on any atom is -0.253 e. The molecule has 60 heavy (non-hydrogen) atoms. The molecule has 0 aliphatic rings. The molecule has 5 heteroatoms. The number of rotatable bonds is 9. The Morgan fingerprint density at radius 3 is 0.950 bits per heavy atom. The maximum atomic E-state index is 5.09. The lowest BCUT2D eigenvalue weighted by molar-refractivity contribution is 1.05. The van der Waals surface area contributed by atoms with Gasteiger partial charge >= 0.3 is 0 Å². The SMILES string of the molecule is c1ccc(-c2ccc(-c3cc(-c4ccc(-c5ccccc5)c(-c5ccccc5)c4)cc(-c4nc(-c5ccccn5)nc(-c5ccccn5)n4)c3)cc2-c2ccccc2)cc1. The second kappa shape index (κ2) is 16.4. The number of hydrogen-bond acceptors (Lipinski definition) is 5. The van der Waals surface area contributed by atoms with Crippen LogP contribution in [0.15, 0.2) is 225 Å². The van der Waals surface area contributed by atoms with Crippen LogP contribution >= 0.6 is 0 Å². The largest absolute Gasteiger partial charge is 0.253 e. The van der Waals surface area contributed by atoms with Gasteiger partial charge in [-0.25, -0.2) is 15.0 Å². The summed E-state index contributed by atoms with van der Waals surface area (Å²) < 4.78 is 0. The van der Waals surface area contributed by atoms with Crippen molar-refractivity contribution in [3.8, 4) is 101 Å². The van der Waals surface area contributed by atoms with E-state index in [-0.39, 0.29) is 0 Å². The van der Waals surface area contributed by atoms with Gasteiger partial charge in [-0.15, -0.1) is 0 Å². The molecule has 10 rings (SSSR count). The van der Waals surface area contributed by atoms with Crippen molar-refractivity contribution in [3.63, 3.8) is 0 Å². The molecule has 10 aromatic rings. The van der Waals surface area contributed by atoms with E-state index in [9.17, 15) is 0 Å².